The van der Waals surface area contributed by atoms with E-state index in [1.807, 2.05) is 0 Å². The van der Waals surface area contributed by atoms with E-state index in [1.165, 1.54) is 67.1 Å². The van der Waals surface area contributed by atoms with Crippen molar-refractivity contribution < 1.29 is 22.4 Å². The predicted octanol–water partition coefficient (Wildman–Crippen LogP) is 10.5. The second kappa shape index (κ2) is 23.6. The summed E-state index contributed by atoms with van der Waals surface area (Å²) in [4.78, 5) is 0. The van der Waals surface area contributed by atoms with E-state index in [-0.39, 0.29) is 54.1 Å². The molecule has 0 aliphatic rings. The van der Waals surface area contributed by atoms with Crippen LogP contribution in [-0.2, 0) is 22.4 Å². The fourth-order valence-electron chi connectivity index (χ4n) is 6.89. The van der Waals surface area contributed by atoms with Gasteiger partial charge < -0.3 is 0 Å². The van der Waals surface area contributed by atoms with Crippen LogP contribution in [0.15, 0.2) is 243 Å². The van der Waals surface area contributed by atoms with Crippen LogP contribution in [0.2, 0.25) is 0 Å². The van der Waals surface area contributed by atoms with Crippen molar-refractivity contribution in [2.45, 2.75) is 0 Å². The van der Waals surface area contributed by atoms with Crippen molar-refractivity contribution in [3.63, 3.8) is 0 Å². The van der Waals surface area contributed by atoms with Gasteiger partial charge in [-0.3, -0.25) is 0 Å². The van der Waals surface area contributed by atoms with Crippen molar-refractivity contribution >= 4 is 74.1 Å². The summed E-state index contributed by atoms with van der Waals surface area (Å²) in [6, 6.07) is 88.4. The van der Waals surface area contributed by atoms with Crippen LogP contribution >= 0.6 is 31.7 Å². The Kier molecular flexibility index (Phi) is 17.7. The number of hydrogen-bond donors (Lipinski definition) is 0. The quantitative estimate of drug-likeness (QED) is 0.0752. The van der Waals surface area contributed by atoms with Crippen LogP contribution in [-0.4, -0.2) is 24.6 Å². The first-order valence-corrected chi connectivity index (χ1v) is 25.4. The average molecular weight is 994 g/mol. The van der Waals surface area contributed by atoms with Gasteiger partial charge in [-0.2, -0.15) is 0 Å². The van der Waals surface area contributed by atoms with E-state index < -0.39 is 0 Å². The molecule has 0 aliphatic carbocycles. The Morgan fingerprint density at radius 3 is 0.386 bits per heavy atom. The molecule has 0 spiro atoms. The molecule has 5 heteroatoms. The van der Waals surface area contributed by atoms with Crippen LogP contribution in [0.5, 0.6) is 0 Å². The number of rotatable bonds is 14. The van der Waals surface area contributed by atoms with E-state index in [4.69, 9.17) is 0 Å². The molecule has 8 rings (SSSR count). The first kappa shape index (κ1) is 42.8. The molecule has 8 aromatic rings. The standard InChI is InChI=1S/2C26H24P2.Au/c2*1-5-13-23(14-6-1)27(24-15-7-2-8-16-24)21-22-28(25-17-9-3-10-18-25)26-19-11-4-12-20-26;/h2*1-20H,21-22H2;/q;;+1. The van der Waals surface area contributed by atoms with Gasteiger partial charge in [-0.25, -0.2) is 0 Å². The summed E-state index contributed by atoms with van der Waals surface area (Å²) in [6.45, 7) is 0. The van der Waals surface area contributed by atoms with Gasteiger partial charge in [-0.05, 0) is 98.8 Å². The third kappa shape index (κ3) is 12.6. The molecule has 0 unspecified atom stereocenters. The minimum Gasteiger partial charge on any atom is -0.0622 e. The van der Waals surface area contributed by atoms with Crippen LogP contribution in [0.1, 0.15) is 0 Å². The molecule has 0 aromatic heterocycles. The van der Waals surface area contributed by atoms with Gasteiger partial charge in [0, 0.05) is 0 Å². The van der Waals surface area contributed by atoms with Crippen molar-refractivity contribution in [2.75, 3.05) is 24.6 Å². The van der Waals surface area contributed by atoms with E-state index in [2.05, 4.69) is 243 Å². The molecular formula is C52H48AuP4+. The number of hydrogen-bond acceptors (Lipinski definition) is 0. The van der Waals surface area contributed by atoms with E-state index >= 15 is 0 Å². The summed E-state index contributed by atoms with van der Waals surface area (Å²) in [7, 11) is -1.39. The minimum atomic E-state index is -0.348. The topological polar surface area (TPSA) is 0 Å². The molecule has 57 heavy (non-hydrogen) atoms. The predicted molar refractivity (Wildman–Crippen MR) is 256 cm³/mol. The average Bonchev–Trinajstić information content (AvgIpc) is 3.29. The van der Waals surface area contributed by atoms with Gasteiger partial charge in [-0.15, -0.1) is 0 Å². The third-order valence-electron chi connectivity index (χ3n) is 9.64. The fourth-order valence-corrected chi connectivity index (χ4v) is 17.6. The summed E-state index contributed by atoms with van der Waals surface area (Å²) >= 11 is 0. The fraction of sp³-hybridized carbons (Fsp3) is 0.0769. The zero-order valence-electron chi connectivity index (χ0n) is 32.0. The van der Waals surface area contributed by atoms with Crippen molar-refractivity contribution in [3.8, 4) is 0 Å². The van der Waals surface area contributed by atoms with Crippen molar-refractivity contribution in [1.29, 1.82) is 0 Å². The molecule has 0 saturated heterocycles. The van der Waals surface area contributed by atoms with Crippen LogP contribution in [0, 0.1) is 0 Å². The summed E-state index contributed by atoms with van der Waals surface area (Å²) in [5, 5.41) is 11.8. The summed E-state index contributed by atoms with van der Waals surface area (Å²) in [6.07, 6.45) is 4.83. The van der Waals surface area contributed by atoms with Gasteiger partial charge in [0.25, 0.3) is 0 Å². The largest absolute Gasteiger partial charge is 1.00 e. The second-order valence-corrected chi connectivity index (χ2v) is 22.6. The van der Waals surface area contributed by atoms with Crippen molar-refractivity contribution in [3.05, 3.63) is 243 Å². The van der Waals surface area contributed by atoms with Crippen molar-refractivity contribution in [1.82, 2.24) is 0 Å². The zero-order valence-corrected chi connectivity index (χ0v) is 37.8. The molecule has 0 N–H and O–H groups in total. The van der Waals surface area contributed by atoms with E-state index in [1.54, 1.807) is 0 Å². The second-order valence-electron chi connectivity index (χ2n) is 13.3. The maximum Gasteiger partial charge on any atom is 1.00 e. The SMILES string of the molecule is [Au+].c1ccc(P(CCP(c2ccccc2)c2ccccc2)c2ccccc2)cc1.c1ccc(P(CCP(c2ccccc2)c2ccccc2)c2ccccc2)cc1. The normalized spacial score (nSPS) is 10.9. The Morgan fingerprint density at radius 1 is 0.175 bits per heavy atom. The van der Waals surface area contributed by atoms with E-state index in [9.17, 15) is 0 Å². The van der Waals surface area contributed by atoms with Crippen molar-refractivity contribution in [2.24, 2.45) is 0 Å². The first-order valence-electron chi connectivity index (χ1n) is 19.3. The van der Waals surface area contributed by atoms with Crippen LogP contribution in [0.25, 0.3) is 0 Å². The van der Waals surface area contributed by atoms with Gasteiger partial charge in [0.2, 0.25) is 0 Å². The Morgan fingerprint density at radius 2 is 0.281 bits per heavy atom. The van der Waals surface area contributed by atoms with Gasteiger partial charge >= 0.3 is 22.4 Å². The Balaban J connectivity index is 0.000000189. The molecule has 0 heterocycles. The van der Waals surface area contributed by atoms with Gasteiger partial charge in [-0.1, -0.05) is 243 Å². The molecular weight excluding hydrogens is 945 g/mol. The third-order valence-corrected chi connectivity index (χ3v) is 20.4. The Bertz CT molecular complexity index is 1760. The van der Waals surface area contributed by atoms with E-state index in [0.717, 1.165) is 0 Å². The maximum absolute atomic E-state index is 2.30. The van der Waals surface area contributed by atoms with Gasteiger partial charge in [0.05, 0.1) is 0 Å². The Labute approximate surface area is 361 Å². The first-order chi connectivity index (χ1) is 27.8. The maximum atomic E-state index is 2.30. The molecule has 0 fully saturated rings. The zero-order chi connectivity index (χ0) is 38.0. The van der Waals surface area contributed by atoms with Crippen LogP contribution < -0.4 is 42.4 Å². The minimum absolute atomic E-state index is 0. The molecule has 0 nitrogen and oxygen atoms in total. The smallest absolute Gasteiger partial charge is 0.0622 e. The van der Waals surface area contributed by atoms with E-state index in [0.29, 0.717) is 0 Å². The molecule has 0 saturated carbocycles. The monoisotopic (exact) mass is 993 g/mol. The summed E-state index contributed by atoms with van der Waals surface area (Å²) < 4.78 is 0. The summed E-state index contributed by atoms with van der Waals surface area (Å²) in [5.41, 5.74) is 0. The van der Waals surface area contributed by atoms with Gasteiger partial charge in [0.1, 0.15) is 0 Å². The number of benzene rings is 8. The Hall–Kier alpha value is -3.78. The molecule has 0 bridgehead atoms. The molecule has 0 amide bonds. The molecule has 0 aliphatic heterocycles. The molecule has 0 radical (unpaired) electrons. The summed E-state index contributed by atoms with van der Waals surface area (Å²) in [5.74, 6) is 0. The van der Waals surface area contributed by atoms with Crippen LogP contribution in [0.4, 0.5) is 0 Å². The van der Waals surface area contributed by atoms with Crippen LogP contribution in [0.3, 0.4) is 0 Å². The van der Waals surface area contributed by atoms with Gasteiger partial charge in [0.15, 0.2) is 0 Å². The molecule has 0 atom stereocenters. The molecule has 286 valence electrons. The molecule has 8 aromatic carbocycles.